The Hall–Kier alpha value is -1.94. The number of hydrogen-bond donors (Lipinski definition) is 3. The van der Waals surface area contributed by atoms with Crippen molar-refractivity contribution >= 4 is 39.5 Å². The molecule has 0 aromatic heterocycles. The molecule has 0 aromatic carbocycles. The Labute approximate surface area is 613 Å². The highest BCUT2D eigenvalue weighted by molar-refractivity contribution is 7.47. The van der Waals surface area contributed by atoms with Crippen LogP contribution in [0.4, 0.5) is 0 Å². The summed E-state index contributed by atoms with van der Waals surface area (Å²) in [5, 5.41) is 10.6. The van der Waals surface area contributed by atoms with E-state index in [9.17, 15) is 43.2 Å². The van der Waals surface area contributed by atoms with Crippen LogP contribution in [-0.4, -0.2) is 96.7 Å². The van der Waals surface area contributed by atoms with Gasteiger partial charge in [-0.1, -0.05) is 364 Å². The van der Waals surface area contributed by atoms with E-state index in [4.69, 9.17) is 37.0 Å². The van der Waals surface area contributed by atoms with Gasteiger partial charge in [-0.15, -0.1) is 0 Å². The SMILES string of the molecule is CCC(C)CCCCCCCCCCCCC(=O)O[C@H](COC(=O)CCCCCCCCCCCCCCCCCCCCC(C)C)COP(=O)(O)OCC(O)COP(=O)(O)OC[C@@H](COC(=O)CCCCCCCCCC(C)C)OC(=O)CCCCCCCCCCCCCCC(C)C. The molecule has 0 fully saturated rings. The molecule has 0 aromatic rings. The zero-order chi connectivity index (χ0) is 73.8. The van der Waals surface area contributed by atoms with Crippen LogP contribution in [0.1, 0.15) is 415 Å². The van der Waals surface area contributed by atoms with Crippen molar-refractivity contribution in [1.29, 1.82) is 0 Å². The second kappa shape index (κ2) is 70.1. The average molecular weight is 1470 g/mol. The van der Waals surface area contributed by atoms with Crippen molar-refractivity contribution in [2.45, 2.75) is 433 Å². The first-order chi connectivity index (χ1) is 48.1. The molecular formula is C81H158O17P2. The van der Waals surface area contributed by atoms with E-state index in [1.165, 1.54) is 212 Å². The number of aliphatic hydroxyl groups is 1. The van der Waals surface area contributed by atoms with Crippen molar-refractivity contribution in [3.05, 3.63) is 0 Å². The van der Waals surface area contributed by atoms with Crippen molar-refractivity contribution in [1.82, 2.24) is 0 Å². The third-order valence-electron chi connectivity index (χ3n) is 19.2. The summed E-state index contributed by atoms with van der Waals surface area (Å²) in [6, 6.07) is 0. The summed E-state index contributed by atoms with van der Waals surface area (Å²) in [5.74, 6) is 0.992. The standard InChI is InChI=1S/C81H158O17P2/c1-9-74(8)60-52-44-36-28-24-25-31-39-48-56-64-81(86)97-76(67-91-78(83)61-53-45-37-29-22-17-15-13-11-10-12-14-16-20-26-33-41-49-57-71(2)3)69-95-99(87,88)93-65-75(82)66-94-100(89,90)96-70-77(68-92-79(84)62-54-46-40-32-35-43-51-59-73(6)7)98-80(85)63-55-47-38-30-23-19-18-21-27-34-42-50-58-72(4)5/h71-77,82H,9-70H2,1-8H3,(H,87,88)(H,89,90)/t74?,75?,76-,77-/m1/s1. The highest BCUT2D eigenvalue weighted by atomic mass is 31.2. The third kappa shape index (κ3) is 73.0. The lowest BCUT2D eigenvalue weighted by atomic mass is 9.99. The molecule has 0 aliphatic heterocycles. The molecule has 4 unspecified atom stereocenters. The van der Waals surface area contributed by atoms with Gasteiger partial charge in [-0.05, 0) is 49.4 Å². The van der Waals surface area contributed by atoms with Gasteiger partial charge in [0, 0.05) is 25.7 Å². The van der Waals surface area contributed by atoms with Gasteiger partial charge in [0.25, 0.3) is 0 Å². The lowest BCUT2D eigenvalue weighted by Gasteiger charge is -2.21. The van der Waals surface area contributed by atoms with Gasteiger partial charge in [-0.25, -0.2) is 9.13 Å². The van der Waals surface area contributed by atoms with E-state index in [2.05, 4.69) is 55.4 Å². The second-order valence-electron chi connectivity index (χ2n) is 30.8. The van der Waals surface area contributed by atoms with Crippen LogP contribution in [0.3, 0.4) is 0 Å². The fraction of sp³-hybridized carbons (Fsp3) is 0.951. The van der Waals surface area contributed by atoms with Gasteiger partial charge in [0.1, 0.15) is 19.3 Å². The van der Waals surface area contributed by atoms with E-state index in [1.54, 1.807) is 0 Å². The Bertz CT molecular complexity index is 1960. The molecule has 0 aliphatic carbocycles. The van der Waals surface area contributed by atoms with Crippen LogP contribution in [-0.2, 0) is 65.4 Å². The van der Waals surface area contributed by atoms with Crippen LogP contribution in [0.25, 0.3) is 0 Å². The molecule has 0 bridgehead atoms. The van der Waals surface area contributed by atoms with Gasteiger partial charge in [-0.3, -0.25) is 37.3 Å². The summed E-state index contributed by atoms with van der Waals surface area (Å²) in [7, 11) is -9.92. The van der Waals surface area contributed by atoms with Gasteiger partial charge < -0.3 is 33.8 Å². The monoisotopic (exact) mass is 1470 g/mol. The Morgan fingerprint density at radius 2 is 0.480 bits per heavy atom. The minimum Gasteiger partial charge on any atom is -0.462 e. The second-order valence-corrected chi connectivity index (χ2v) is 33.7. The van der Waals surface area contributed by atoms with Gasteiger partial charge >= 0.3 is 39.5 Å². The van der Waals surface area contributed by atoms with Gasteiger partial charge in [0.2, 0.25) is 0 Å². The summed E-state index contributed by atoms with van der Waals surface area (Å²) < 4.78 is 68.7. The number of phosphoric acid groups is 2. The number of carbonyl (C=O) groups excluding carboxylic acids is 4. The topological polar surface area (TPSA) is 237 Å². The molecule has 0 saturated carbocycles. The van der Waals surface area contributed by atoms with Gasteiger partial charge in [0.05, 0.1) is 26.4 Å². The maximum atomic E-state index is 13.1. The van der Waals surface area contributed by atoms with Crippen LogP contribution in [0.5, 0.6) is 0 Å². The van der Waals surface area contributed by atoms with Crippen molar-refractivity contribution in [2.75, 3.05) is 39.6 Å². The minimum absolute atomic E-state index is 0.106. The minimum atomic E-state index is -4.96. The highest BCUT2D eigenvalue weighted by Gasteiger charge is 2.30. The first-order valence-electron chi connectivity index (χ1n) is 41.7. The number of rotatable bonds is 78. The summed E-state index contributed by atoms with van der Waals surface area (Å²) in [4.78, 5) is 73.0. The van der Waals surface area contributed by atoms with Crippen LogP contribution in [0.15, 0.2) is 0 Å². The smallest absolute Gasteiger partial charge is 0.462 e. The largest absolute Gasteiger partial charge is 0.472 e. The molecule has 6 atom stereocenters. The van der Waals surface area contributed by atoms with Crippen LogP contribution in [0, 0.1) is 23.7 Å². The lowest BCUT2D eigenvalue weighted by molar-refractivity contribution is -0.161. The van der Waals surface area contributed by atoms with Crippen molar-refractivity contribution in [2.24, 2.45) is 23.7 Å². The van der Waals surface area contributed by atoms with E-state index in [0.29, 0.717) is 31.6 Å². The van der Waals surface area contributed by atoms with Crippen LogP contribution in [0.2, 0.25) is 0 Å². The quantitative estimate of drug-likeness (QED) is 0.0222. The number of aliphatic hydroxyl groups excluding tert-OH is 1. The molecule has 594 valence electrons. The molecule has 0 aliphatic rings. The zero-order valence-corrected chi connectivity index (χ0v) is 67.6. The van der Waals surface area contributed by atoms with Crippen LogP contribution < -0.4 is 0 Å². The highest BCUT2D eigenvalue weighted by Crippen LogP contribution is 2.45. The Morgan fingerprint density at radius 1 is 0.280 bits per heavy atom. The normalized spacial score (nSPS) is 14.3. The Balaban J connectivity index is 5.21. The summed E-state index contributed by atoms with van der Waals surface area (Å²) >= 11 is 0. The molecule has 0 saturated heterocycles. The number of ether oxygens (including phenoxy) is 4. The first kappa shape index (κ1) is 98.1. The molecule has 0 amide bonds. The molecule has 0 radical (unpaired) electrons. The van der Waals surface area contributed by atoms with Gasteiger partial charge in [-0.2, -0.15) is 0 Å². The maximum absolute atomic E-state index is 13.1. The predicted octanol–water partition coefficient (Wildman–Crippen LogP) is 24.0. The average Bonchev–Trinajstić information content (AvgIpc) is 0.917. The molecule has 19 heteroatoms. The number of hydrogen-bond acceptors (Lipinski definition) is 15. The van der Waals surface area contributed by atoms with Crippen molar-refractivity contribution in [3.63, 3.8) is 0 Å². The molecule has 0 spiro atoms. The molecule has 17 nitrogen and oxygen atoms in total. The lowest BCUT2D eigenvalue weighted by Crippen LogP contribution is -2.30. The van der Waals surface area contributed by atoms with E-state index in [-0.39, 0.29) is 25.7 Å². The van der Waals surface area contributed by atoms with Crippen molar-refractivity contribution < 1.29 is 80.2 Å². The predicted molar refractivity (Wildman–Crippen MR) is 409 cm³/mol. The number of carbonyl (C=O) groups is 4. The molecule has 3 N–H and O–H groups in total. The van der Waals surface area contributed by atoms with Gasteiger partial charge in [0.15, 0.2) is 12.2 Å². The van der Waals surface area contributed by atoms with E-state index in [1.807, 2.05) is 0 Å². The zero-order valence-electron chi connectivity index (χ0n) is 65.8. The molecule has 100 heavy (non-hydrogen) atoms. The van der Waals surface area contributed by atoms with E-state index < -0.39 is 97.5 Å². The molecule has 0 rings (SSSR count). The Kier molecular flexibility index (Phi) is 68.7. The number of esters is 4. The fourth-order valence-corrected chi connectivity index (χ4v) is 14.0. The summed E-state index contributed by atoms with van der Waals surface area (Å²) in [6.07, 6.45) is 57.0. The van der Waals surface area contributed by atoms with Crippen molar-refractivity contribution in [3.8, 4) is 0 Å². The Morgan fingerprint density at radius 3 is 0.710 bits per heavy atom. The van der Waals surface area contributed by atoms with E-state index in [0.717, 1.165) is 114 Å². The number of phosphoric ester groups is 2. The molecular weight excluding hydrogens is 1310 g/mol. The fourth-order valence-electron chi connectivity index (χ4n) is 12.4. The first-order valence-corrected chi connectivity index (χ1v) is 44.7. The molecule has 0 heterocycles. The number of unbranched alkanes of at least 4 members (excludes halogenated alkanes) is 43. The van der Waals surface area contributed by atoms with E-state index >= 15 is 0 Å². The summed E-state index contributed by atoms with van der Waals surface area (Å²) in [5.41, 5.74) is 0. The van der Waals surface area contributed by atoms with Crippen LogP contribution >= 0.6 is 15.6 Å². The third-order valence-corrected chi connectivity index (χ3v) is 21.1. The summed E-state index contributed by atoms with van der Waals surface area (Å²) in [6.45, 7) is 14.3. The maximum Gasteiger partial charge on any atom is 0.472 e.